The number of piperidine rings is 1. The van der Waals surface area contributed by atoms with E-state index in [0.29, 0.717) is 24.1 Å². The monoisotopic (exact) mass is 399 g/mol. The van der Waals surface area contributed by atoms with Crippen molar-refractivity contribution in [3.8, 4) is 0 Å². The lowest BCUT2D eigenvalue weighted by atomic mass is 9.96. The molecular weight excluding hydrogens is 374 g/mol. The van der Waals surface area contributed by atoms with E-state index in [1.165, 1.54) is 30.1 Å². The highest BCUT2D eigenvalue weighted by molar-refractivity contribution is 7.99. The number of nitro groups is 1. The van der Waals surface area contributed by atoms with Crippen molar-refractivity contribution in [1.29, 1.82) is 0 Å². The Morgan fingerprint density at radius 3 is 2.65 bits per heavy atom. The van der Waals surface area contributed by atoms with Crippen molar-refractivity contribution in [2.24, 2.45) is 5.92 Å². The zero-order valence-electron chi connectivity index (χ0n) is 14.9. The van der Waals surface area contributed by atoms with Crippen LogP contribution >= 0.6 is 11.8 Å². The molecule has 0 saturated carbocycles. The van der Waals surface area contributed by atoms with Gasteiger partial charge in [0.05, 0.1) is 9.82 Å². The lowest BCUT2D eigenvalue weighted by Gasteiger charge is -2.35. The molecule has 1 aromatic carbocycles. The number of hydrogen-bond donors (Lipinski definition) is 1. The molecule has 0 aliphatic carbocycles. The van der Waals surface area contributed by atoms with Crippen LogP contribution in [-0.4, -0.2) is 55.4 Å². The summed E-state index contributed by atoms with van der Waals surface area (Å²) in [5.74, 6) is 2.77. The number of nitrogens with zero attached hydrogens (tertiary/aromatic N) is 2. The predicted octanol–water partition coefficient (Wildman–Crippen LogP) is 2.40. The quantitative estimate of drug-likeness (QED) is 0.583. The smallest absolute Gasteiger partial charge is 0.270 e. The van der Waals surface area contributed by atoms with E-state index >= 15 is 0 Å². The van der Waals surface area contributed by atoms with E-state index in [1.54, 1.807) is 6.92 Å². The van der Waals surface area contributed by atoms with E-state index in [1.807, 2.05) is 11.8 Å². The lowest BCUT2D eigenvalue weighted by Crippen LogP contribution is -2.43. The molecule has 7 nitrogen and oxygen atoms in total. The third-order valence-corrected chi connectivity index (χ3v) is 8.02. The van der Waals surface area contributed by atoms with Crippen LogP contribution in [-0.2, 0) is 10.0 Å². The van der Waals surface area contributed by atoms with Crippen molar-refractivity contribution in [3.63, 3.8) is 0 Å². The first-order valence-electron chi connectivity index (χ1n) is 8.93. The molecule has 9 heteroatoms. The average Bonchev–Trinajstić information content (AvgIpc) is 3.15. The number of hydrogen-bond acceptors (Lipinski definition) is 6. The van der Waals surface area contributed by atoms with Gasteiger partial charge in [-0.3, -0.25) is 15.0 Å². The second kappa shape index (κ2) is 8.24. The number of rotatable bonds is 6. The van der Waals surface area contributed by atoms with Crippen LogP contribution < -0.4 is 4.72 Å². The Labute approximate surface area is 158 Å². The van der Waals surface area contributed by atoms with E-state index in [2.05, 4.69) is 9.62 Å². The molecule has 2 saturated heterocycles. The lowest BCUT2D eigenvalue weighted by molar-refractivity contribution is -0.385. The maximum absolute atomic E-state index is 12.6. The SMILES string of the molecule is Cc1ccc([N+](=O)[O-])cc1S(=O)(=O)NCC1CCN(C2CCSC2)CC1. The molecule has 0 amide bonds. The minimum atomic E-state index is -3.75. The van der Waals surface area contributed by atoms with Crippen LogP contribution in [0.3, 0.4) is 0 Å². The maximum Gasteiger partial charge on any atom is 0.270 e. The van der Waals surface area contributed by atoms with Crippen LogP contribution in [0.25, 0.3) is 0 Å². The van der Waals surface area contributed by atoms with Gasteiger partial charge in [-0.25, -0.2) is 13.1 Å². The van der Waals surface area contributed by atoms with Gasteiger partial charge in [-0.05, 0) is 56.5 Å². The first-order chi connectivity index (χ1) is 12.4. The van der Waals surface area contributed by atoms with Gasteiger partial charge in [0.15, 0.2) is 0 Å². The summed E-state index contributed by atoms with van der Waals surface area (Å²) in [6.45, 7) is 4.08. The maximum atomic E-state index is 12.6. The number of sulfonamides is 1. The molecule has 3 rings (SSSR count). The Balaban J connectivity index is 1.57. The minimum absolute atomic E-state index is 0.00730. The van der Waals surface area contributed by atoms with E-state index in [-0.39, 0.29) is 10.6 Å². The molecule has 2 aliphatic rings. The van der Waals surface area contributed by atoms with Gasteiger partial charge in [0.2, 0.25) is 10.0 Å². The van der Waals surface area contributed by atoms with Gasteiger partial charge in [0.1, 0.15) is 0 Å². The molecule has 26 heavy (non-hydrogen) atoms. The van der Waals surface area contributed by atoms with Crippen molar-refractivity contribution in [2.45, 2.75) is 37.1 Å². The first kappa shape index (κ1) is 19.6. The number of benzene rings is 1. The van der Waals surface area contributed by atoms with E-state index in [9.17, 15) is 18.5 Å². The number of aryl methyl sites for hydroxylation is 1. The molecule has 0 bridgehead atoms. The topological polar surface area (TPSA) is 92.5 Å². The molecule has 1 N–H and O–H groups in total. The Hall–Kier alpha value is -1.16. The van der Waals surface area contributed by atoms with E-state index in [4.69, 9.17) is 0 Å². The Bertz CT molecular complexity index is 755. The fourth-order valence-electron chi connectivity index (χ4n) is 3.63. The minimum Gasteiger partial charge on any atom is -0.300 e. The van der Waals surface area contributed by atoms with Crippen molar-refractivity contribution < 1.29 is 13.3 Å². The van der Waals surface area contributed by atoms with Gasteiger partial charge in [-0.1, -0.05) is 6.07 Å². The van der Waals surface area contributed by atoms with Gasteiger partial charge < -0.3 is 0 Å². The van der Waals surface area contributed by atoms with Gasteiger partial charge in [-0.2, -0.15) is 11.8 Å². The highest BCUT2D eigenvalue weighted by atomic mass is 32.2. The molecule has 1 aromatic rings. The van der Waals surface area contributed by atoms with E-state index in [0.717, 1.165) is 32.0 Å². The van der Waals surface area contributed by atoms with Crippen molar-refractivity contribution >= 4 is 27.5 Å². The number of thioether (sulfide) groups is 1. The summed E-state index contributed by atoms with van der Waals surface area (Å²) < 4.78 is 27.9. The van der Waals surface area contributed by atoms with Crippen LogP contribution in [0.1, 0.15) is 24.8 Å². The van der Waals surface area contributed by atoms with Crippen molar-refractivity contribution in [3.05, 3.63) is 33.9 Å². The van der Waals surface area contributed by atoms with Crippen LogP contribution in [0.5, 0.6) is 0 Å². The molecule has 144 valence electrons. The first-order valence-corrected chi connectivity index (χ1v) is 11.6. The fourth-order valence-corrected chi connectivity index (χ4v) is 6.26. The number of nitro benzene ring substituents is 1. The highest BCUT2D eigenvalue weighted by Gasteiger charge is 2.28. The second-order valence-electron chi connectivity index (χ2n) is 7.06. The number of likely N-dealkylation sites (tertiary alicyclic amines) is 1. The number of non-ortho nitro benzene ring substituents is 1. The van der Waals surface area contributed by atoms with Crippen molar-refractivity contribution in [1.82, 2.24) is 9.62 Å². The number of nitrogens with one attached hydrogen (secondary N) is 1. The zero-order chi connectivity index (χ0) is 18.7. The summed E-state index contributed by atoms with van der Waals surface area (Å²) in [6, 6.07) is 4.62. The Morgan fingerprint density at radius 2 is 2.04 bits per heavy atom. The molecule has 0 radical (unpaired) electrons. The highest BCUT2D eigenvalue weighted by Crippen LogP contribution is 2.27. The molecule has 0 aromatic heterocycles. The van der Waals surface area contributed by atoms with Crippen LogP contribution in [0.4, 0.5) is 5.69 Å². The molecule has 1 unspecified atom stereocenters. The molecule has 2 heterocycles. The summed E-state index contributed by atoms with van der Waals surface area (Å²) in [4.78, 5) is 12.9. The molecule has 1 atom stereocenters. The van der Waals surface area contributed by atoms with Gasteiger partial charge >= 0.3 is 0 Å². The molecule has 2 fully saturated rings. The summed E-state index contributed by atoms with van der Waals surface area (Å²) in [5, 5.41) is 10.9. The van der Waals surface area contributed by atoms with Crippen LogP contribution in [0.2, 0.25) is 0 Å². The van der Waals surface area contributed by atoms with Gasteiger partial charge in [-0.15, -0.1) is 0 Å². The largest absolute Gasteiger partial charge is 0.300 e. The average molecular weight is 400 g/mol. The normalized spacial score (nSPS) is 22.6. The Kier molecular flexibility index (Phi) is 6.21. The summed E-state index contributed by atoms with van der Waals surface area (Å²) in [7, 11) is -3.75. The summed E-state index contributed by atoms with van der Waals surface area (Å²) >= 11 is 2.01. The summed E-state index contributed by atoms with van der Waals surface area (Å²) in [6.07, 6.45) is 3.23. The fraction of sp³-hybridized carbons (Fsp3) is 0.647. The molecule has 0 spiro atoms. The van der Waals surface area contributed by atoms with Crippen molar-refractivity contribution in [2.75, 3.05) is 31.1 Å². The van der Waals surface area contributed by atoms with Gasteiger partial charge in [0, 0.05) is 30.5 Å². The summed E-state index contributed by atoms with van der Waals surface area (Å²) in [5.41, 5.74) is 0.301. The Morgan fingerprint density at radius 1 is 1.31 bits per heavy atom. The van der Waals surface area contributed by atoms with Crippen LogP contribution in [0, 0.1) is 23.0 Å². The third-order valence-electron chi connectivity index (χ3n) is 5.31. The van der Waals surface area contributed by atoms with Gasteiger partial charge in [0.25, 0.3) is 5.69 Å². The molecular formula is C17H25N3O4S2. The third kappa shape index (κ3) is 4.57. The molecule has 2 aliphatic heterocycles. The zero-order valence-corrected chi connectivity index (χ0v) is 16.5. The second-order valence-corrected chi connectivity index (χ2v) is 9.94. The predicted molar refractivity (Wildman–Crippen MR) is 103 cm³/mol. The van der Waals surface area contributed by atoms with Crippen LogP contribution in [0.15, 0.2) is 23.1 Å². The van der Waals surface area contributed by atoms with E-state index < -0.39 is 14.9 Å². The standard InChI is InChI=1S/C17H25N3O4S2/c1-13-2-3-15(20(21)22)10-17(13)26(23,24)18-11-14-4-7-19(8-5-14)16-6-9-25-12-16/h2-3,10,14,16,18H,4-9,11-12H2,1H3.